The van der Waals surface area contributed by atoms with Crippen LogP contribution >= 0.6 is 0 Å². The lowest BCUT2D eigenvalue weighted by Gasteiger charge is -2.60. The molecule has 0 heterocycles. The van der Waals surface area contributed by atoms with E-state index >= 15 is 0 Å². The largest absolute Gasteiger partial charge is 0.390 e. The Morgan fingerprint density at radius 3 is 1.89 bits per heavy atom. The van der Waals surface area contributed by atoms with Crippen LogP contribution in [0, 0.1) is 29.1 Å². The highest BCUT2D eigenvalue weighted by Gasteiger charge is 2.54. The van der Waals surface area contributed by atoms with Gasteiger partial charge in [0.2, 0.25) is 0 Å². The van der Waals surface area contributed by atoms with E-state index in [9.17, 15) is 5.11 Å². The lowest BCUT2D eigenvalue weighted by molar-refractivity contribution is -0.101. The summed E-state index contributed by atoms with van der Waals surface area (Å²) in [5.74, 6) is 3.47. The number of aliphatic hydroxyl groups is 1. The molecule has 4 aliphatic rings. The Hall–Kier alpha value is -0.0800. The van der Waals surface area contributed by atoms with Crippen LogP contribution in [-0.2, 0) is 0 Å². The number of rotatable bonds is 4. The zero-order valence-electron chi connectivity index (χ0n) is 12.0. The molecule has 4 bridgehead atoms. The van der Waals surface area contributed by atoms with Gasteiger partial charge >= 0.3 is 0 Å². The Morgan fingerprint density at radius 1 is 1.11 bits per heavy atom. The molecule has 4 fully saturated rings. The number of hydrogen-bond acceptors (Lipinski definition) is 2. The Morgan fingerprint density at radius 2 is 1.56 bits per heavy atom. The van der Waals surface area contributed by atoms with Gasteiger partial charge < -0.3 is 10.8 Å². The van der Waals surface area contributed by atoms with Gasteiger partial charge in [-0.15, -0.1) is 0 Å². The smallest absolute Gasteiger partial charge is 0.0595 e. The molecule has 0 spiro atoms. The van der Waals surface area contributed by atoms with Gasteiger partial charge in [-0.3, -0.25) is 0 Å². The fourth-order valence-corrected chi connectivity index (χ4v) is 5.83. The quantitative estimate of drug-likeness (QED) is 0.807. The van der Waals surface area contributed by atoms with Gasteiger partial charge in [-0.25, -0.2) is 0 Å². The molecule has 2 heteroatoms. The van der Waals surface area contributed by atoms with Gasteiger partial charge in [0.15, 0.2) is 0 Å². The van der Waals surface area contributed by atoms with E-state index in [-0.39, 0.29) is 0 Å². The normalized spacial score (nSPS) is 44.3. The molecule has 1 unspecified atom stereocenters. The Bertz CT molecular complexity index is 282. The SMILES string of the molecule is CC(C)(O)CC(CN)C12CC3CC(CC(C3)C1)C2. The standard InChI is InChI=1S/C16H29NO/c1-15(2,18)9-14(10-17)16-6-11-3-12(7-16)5-13(4-11)8-16/h11-14,18H,3-10,17H2,1-2H3. The van der Waals surface area contributed by atoms with Gasteiger partial charge in [0.1, 0.15) is 0 Å². The lowest BCUT2D eigenvalue weighted by atomic mass is 9.46. The maximum absolute atomic E-state index is 10.2. The van der Waals surface area contributed by atoms with Crippen LogP contribution in [-0.4, -0.2) is 17.3 Å². The highest BCUT2D eigenvalue weighted by molar-refractivity contribution is 5.04. The molecule has 18 heavy (non-hydrogen) atoms. The molecular formula is C16H29NO. The van der Waals surface area contributed by atoms with Crippen LogP contribution < -0.4 is 5.73 Å². The lowest BCUT2D eigenvalue weighted by Crippen LogP contribution is -2.52. The molecule has 0 radical (unpaired) electrons. The summed E-state index contributed by atoms with van der Waals surface area (Å²) in [6.45, 7) is 4.64. The van der Waals surface area contributed by atoms with Crippen molar-refractivity contribution in [2.75, 3.05) is 6.54 Å². The molecule has 1 atom stereocenters. The third-order valence-corrected chi connectivity index (χ3v) is 5.98. The first-order valence-corrected chi connectivity index (χ1v) is 7.83. The summed E-state index contributed by atoms with van der Waals surface area (Å²) in [5.41, 5.74) is 6.02. The summed E-state index contributed by atoms with van der Waals surface area (Å²) in [5, 5.41) is 10.2. The molecule has 0 saturated heterocycles. The molecule has 4 rings (SSSR count). The third-order valence-electron chi connectivity index (χ3n) is 5.98. The van der Waals surface area contributed by atoms with Gasteiger partial charge in [0.05, 0.1) is 5.60 Å². The van der Waals surface area contributed by atoms with Gasteiger partial charge in [0.25, 0.3) is 0 Å². The second-order valence-corrected chi connectivity index (χ2v) is 8.23. The van der Waals surface area contributed by atoms with E-state index in [1.165, 1.54) is 38.5 Å². The average Bonchev–Trinajstić information content (AvgIpc) is 2.22. The highest BCUT2D eigenvalue weighted by atomic mass is 16.3. The zero-order chi connectivity index (χ0) is 13.0. The second-order valence-electron chi connectivity index (χ2n) is 8.23. The van der Waals surface area contributed by atoms with Crippen LogP contribution in [0.4, 0.5) is 0 Å². The van der Waals surface area contributed by atoms with E-state index in [4.69, 9.17) is 5.73 Å². The van der Waals surface area contributed by atoms with Crippen molar-refractivity contribution in [2.45, 2.75) is 64.4 Å². The second kappa shape index (κ2) is 4.21. The van der Waals surface area contributed by atoms with Gasteiger partial charge in [-0.2, -0.15) is 0 Å². The molecule has 0 aromatic rings. The van der Waals surface area contributed by atoms with Crippen molar-refractivity contribution < 1.29 is 5.11 Å². The van der Waals surface area contributed by atoms with Crippen molar-refractivity contribution >= 4 is 0 Å². The van der Waals surface area contributed by atoms with Crippen molar-refractivity contribution in [2.24, 2.45) is 34.8 Å². The van der Waals surface area contributed by atoms with Gasteiger partial charge in [0, 0.05) is 0 Å². The minimum atomic E-state index is -0.562. The summed E-state index contributed by atoms with van der Waals surface area (Å²) in [4.78, 5) is 0. The van der Waals surface area contributed by atoms with Gasteiger partial charge in [-0.05, 0) is 94.4 Å². The molecule has 0 aromatic heterocycles. The highest BCUT2D eigenvalue weighted by Crippen LogP contribution is 2.63. The van der Waals surface area contributed by atoms with Crippen molar-refractivity contribution in [3.8, 4) is 0 Å². The van der Waals surface area contributed by atoms with E-state index < -0.39 is 5.60 Å². The summed E-state index contributed by atoms with van der Waals surface area (Å²) >= 11 is 0. The summed E-state index contributed by atoms with van der Waals surface area (Å²) in [6.07, 6.45) is 9.54. The van der Waals surface area contributed by atoms with Crippen molar-refractivity contribution in [1.29, 1.82) is 0 Å². The molecule has 0 aliphatic heterocycles. The van der Waals surface area contributed by atoms with E-state index in [2.05, 4.69) is 0 Å². The maximum Gasteiger partial charge on any atom is 0.0595 e. The van der Waals surface area contributed by atoms with Crippen LogP contribution in [0.1, 0.15) is 58.8 Å². The first kappa shape index (κ1) is 12.9. The van der Waals surface area contributed by atoms with E-state index in [1.807, 2.05) is 13.8 Å². The molecule has 0 aromatic carbocycles. The van der Waals surface area contributed by atoms with E-state index in [0.29, 0.717) is 11.3 Å². The van der Waals surface area contributed by atoms with Crippen LogP contribution in [0.2, 0.25) is 0 Å². The minimum absolute atomic E-state index is 0.490. The third kappa shape index (κ3) is 2.22. The molecule has 3 N–H and O–H groups in total. The average molecular weight is 251 g/mol. The van der Waals surface area contributed by atoms with Gasteiger partial charge in [-0.1, -0.05) is 0 Å². The van der Waals surface area contributed by atoms with Crippen molar-refractivity contribution in [3.05, 3.63) is 0 Å². The zero-order valence-corrected chi connectivity index (χ0v) is 12.0. The Balaban J connectivity index is 1.80. The molecular weight excluding hydrogens is 222 g/mol. The van der Waals surface area contributed by atoms with E-state index in [1.54, 1.807) is 0 Å². The number of hydrogen-bond donors (Lipinski definition) is 2. The topological polar surface area (TPSA) is 46.2 Å². The first-order chi connectivity index (χ1) is 8.40. The predicted octanol–water partition coefficient (Wildman–Crippen LogP) is 2.94. The summed E-state index contributed by atoms with van der Waals surface area (Å²) in [7, 11) is 0. The van der Waals surface area contributed by atoms with Crippen LogP contribution in [0.15, 0.2) is 0 Å². The van der Waals surface area contributed by atoms with Crippen molar-refractivity contribution in [3.63, 3.8) is 0 Å². The molecule has 0 amide bonds. The van der Waals surface area contributed by atoms with Crippen LogP contribution in [0.25, 0.3) is 0 Å². The maximum atomic E-state index is 10.2. The fourth-order valence-electron chi connectivity index (χ4n) is 5.83. The first-order valence-electron chi connectivity index (χ1n) is 7.83. The molecule has 2 nitrogen and oxygen atoms in total. The predicted molar refractivity (Wildman–Crippen MR) is 74.1 cm³/mol. The number of nitrogens with two attached hydrogens (primary N) is 1. The summed E-state index contributed by atoms with van der Waals surface area (Å²) < 4.78 is 0. The van der Waals surface area contributed by atoms with E-state index in [0.717, 1.165) is 30.7 Å². The monoisotopic (exact) mass is 251 g/mol. The Labute approximate surface area is 111 Å². The molecule has 4 aliphatic carbocycles. The Kier molecular flexibility index (Phi) is 3.02. The molecule has 104 valence electrons. The minimum Gasteiger partial charge on any atom is -0.390 e. The summed E-state index contributed by atoms with van der Waals surface area (Å²) in [6, 6.07) is 0. The van der Waals surface area contributed by atoms with Crippen LogP contribution in [0.3, 0.4) is 0 Å². The molecule has 4 saturated carbocycles. The fraction of sp³-hybridized carbons (Fsp3) is 1.00. The van der Waals surface area contributed by atoms with Crippen molar-refractivity contribution in [1.82, 2.24) is 0 Å². The van der Waals surface area contributed by atoms with Crippen LogP contribution in [0.5, 0.6) is 0 Å².